The summed E-state index contributed by atoms with van der Waals surface area (Å²) in [6.45, 7) is 0. The average Bonchev–Trinajstić information content (AvgIpc) is 2.57. The molecule has 0 spiro atoms. The number of hydrazone groups is 1. The Kier molecular flexibility index (Phi) is 4.26. The molecule has 0 aromatic heterocycles. The highest BCUT2D eigenvalue weighted by molar-refractivity contribution is 6.32. The molecular formula is C18H13ClN2O2. The molecule has 114 valence electrons. The highest BCUT2D eigenvalue weighted by Gasteiger charge is 2.07. The molecule has 0 atom stereocenters. The van der Waals surface area contributed by atoms with Crippen LogP contribution in [-0.4, -0.2) is 17.2 Å². The van der Waals surface area contributed by atoms with E-state index in [1.165, 1.54) is 18.2 Å². The maximum absolute atomic E-state index is 12.0. The smallest absolute Gasteiger partial charge is 0.271 e. The molecule has 1 amide bonds. The molecule has 0 radical (unpaired) electrons. The number of nitrogens with one attached hydrogen (secondary N) is 1. The number of halogens is 1. The van der Waals surface area contributed by atoms with Crippen LogP contribution in [0.1, 0.15) is 15.9 Å². The number of amides is 1. The van der Waals surface area contributed by atoms with Gasteiger partial charge in [0, 0.05) is 11.1 Å². The summed E-state index contributed by atoms with van der Waals surface area (Å²) in [7, 11) is 0. The molecule has 4 nitrogen and oxygen atoms in total. The van der Waals surface area contributed by atoms with Crippen LogP contribution < -0.4 is 5.43 Å². The van der Waals surface area contributed by atoms with Gasteiger partial charge in [0.25, 0.3) is 5.91 Å². The van der Waals surface area contributed by atoms with E-state index in [2.05, 4.69) is 10.5 Å². The fourth-order valence-corrected chi connectivity index (χ4v) is 2.42. The summed E-state index contributed by atoms with van der Waals surface area (Å²) in [5.41, 5.74) is 3.68. The second-order valence-corrected chi connectivity index (χ2v) is 5.34. The van der Waals surface area contributed by atoms with Crippen LogP contribution >= 0.6 is 11.6 Å². The molecule has 2 N–H and O–H groups in total. The summed E-state index contributed by atoms with van der Waals surface area (Å²) in [5.74, 6) is -0.467. The lowest BCUT2D eigenvalue weighted by atomic mass is 10.1. The van der Waals surface area contributed by atoms with Crippen molar-refractivity contribution >= 4 is 34.5 Å². The zero-order valence-corrected chi connectivity index (χ0v) is 12.8. The standard InChI is InChI=1S/C18H13ClN2O2/c19-16-10-13(8-9-17(16)22)18(23)21-20-11-14-6-3-5-12-4-1-2-7-15(12)14/h1-11,22H,(H,21,23). The molecule has 3 aromatic rings. The van der Waals surface area contributed by atoms with Crippen LogP contribution in [0.5, 0.6) is 5.75 Å². The van der Waals surface area contributed by atoms with E-state index in [1.54, 1.807) is 6.21 Å². The van der Waals surface area contributed by atoms with Gasteiger partial charge in [0.05, 0.1) is 11.2 Å². The Bertz CT molecular complexity index is 901. The number of hydrogen-bond donors (Lipinski definition) is 2. The minimum atomic E-state index is -0.400. The van der Waals surface area contributed by atoms with Crippen molar-refractivity contribution in [3.63, 3.8) is 0 Å². The Labute approximate surface area is 138 Å². The first-order valence-electron chi connectivity index (χ1n) is 6.95. The monoisotopic (exact) mass is 324 g/mol. The predicted molar refractivity (Wildman–Crippen MR) is 92.1 cm³/mol. The maximum Gasteiger partial charge on any atom is 0.271 e. The molecule has 0 aliphatic rings. The summed E-state index contributed by atoms with van der Waals surface area (Å²) in [6.07, 6.45) is 1.60. The molecule has 3 rings (SSSR count). The molecule has 5 heteroatoms. The first-order valence-corrected chi connectivity index (χ1v) is 7.32. The minimum Gasteiger partial charge on any atom is -0.506 e. The third-order valence-electron chi connectivity index (χ3n) is 3.40. The topological polar surface area (TPSA) is 61.7 Å². The molecule has 0 aliphatic carbocycles. The molecular weight excluding hydrogens is 312 g/mol. The Morgan fingerprint density at radius 2 is 1.87 bits per heavy atom. The van der Waals surface area contributed by atoms with Gasteiger partial charge in [-0.3, -0.25) is 4.79 Å². The third kappa shape index (κ3) is 3.33. The van der Waals surface area contributed by atoms with E-state index >= 15 is 0 Å². The number of fused-ring (bicyclic) bond motifs is 1. The highest BCUT2D eigenvalue weighted by Crippen LogP contribution is 2.23. The van der Waals surface area contributed by atoms with Gasteiger partial charge >= 0.3 is 0 Å². The van der Waals surface area contributed by atoms with Gasteiger partial charge in [-0.25, -0.2) is 5.43 Å². The van der Waals surface area contributed by atoms with Gasteiger partial charge < -0.3 is 5.11 Å². The first-order chi connectivity index (χ1) is 11.1. The van der Waals surface area contributed by atoms with Gasteiger partial charge in [0.2, 0.25) is 0 Å². The Hall–Kier alpha value is -2.85. The lowest BCUT2D eigenvalue weighted by Crippen LogP contribution is -2.17. The van der Waals surface area contributed by atoms with E-state index in [0.29, 0.717) is 5.56 Å². The number of benzene rings is 3. The lowest BCUT2D eigenvalue weighted by molar-refractivity contribution is 0.0955. The number of nitrogens with zero attached hydrogens (tertiary/aromatic N) is 1. The van der Waals surface area contributed by atoms with Gasteiger partial charge in [-0.05, 0) is 29.0 Å². The summed E-state index contributed by atoms with van der Waals surface area (Å²) in [5, 5.41) is 15.6. The van der Waals surface area contributed by atoms with Gasteiger partial charge in [-0.2, -0.15) is 5.10 Å². The van der Waals surface area contributed by atoms with E-state index in [0.717, 1.165) is 16.3 Å². The molecule has 0 saturated carbocycles. The van der Waals surface area contributed by atoms with Crippen molar-refractivity contribution in [3.05, 3.63) is 76.8 Å². The van der Waals surface area contributed by atoms with E-state index in [4.69, 9.17) is 11.6 Å². The van der Waals surface area contributed by atoms with Crippen molar-refractivity contribution in [2.75, 3.05) is 0 Å². The quantitative estimate of drug-likeness (QED) is 0.566. The number of phenols is 1. The molecule has 0 aliphatic heterocycles. The van der Waals surface area contributed by atoms with Crippen LogP contribution in [0.15, 0.2) is 65.8 Å². The largest absolute Gasteiger partial charge is 0.506 e. The number of hydrogen-bond acceptors (Lipinski definition) is 3. The molecule has 0 unspecified atom stereocenters. The highest BCUT2D eigenvalue weighted by atomic mass is 35.5. The average molecular weight is 325 g/mol. The zero-order valence-electron chi connectivity index (χ0n) is 12.0. The predicted octanol–water partition coefficient (Wildman–Crippen LogP) is 3.96. The first kappa shape index (κ1) is 15.1. The maximum atomic E-state index is 12.0. The van der Waals surface area contributed by atoms with E-state index in [9.17, 15) is 9.90 Å². The lowest BCUT2D eigenvalue weighted by Gasteiger charge is -2.03. The number of rotatable bonds is 3. The number of carbonyl (C=O) groups excluding carboxylic acids is 1. The summed E-state index contributed by atoms with van der Waals surface area (Å²) in [4.78, 5) is 12.0. The van der Waals surface area contributed by atoms with Crippen LogP contribution in [0.4, 0.5) is 0 Å². The summed E-state index contributed by atoms with van der Waals surface area (Å²) < 4.78 is 0. The number of carbonyl (C=O) groups is 1. The van der Waals surface area contributed by atoms with Crippen molar-refractivity contribution < 1.29 is 9.90 Å². The van der Waals surface area contributed by atoms with E-state index < -0.39 is 5.91 Å². The van der Waals surface area contributed by atoms with Crippen LogP contribution in [-0.2, 0) is 0 Å². The molecule has 3 aromatic carbocycles. The zero-order chi connectivity index (χ0) is 16.2. The van der Waals surface area contributed by atoms with Crippen molar-refractivity contribution in [1.29, 1.82) is 0 Å². The molecule has 0 fully saturated rings. The molecule has 23 heavy (non-hydrogen) atoms. The van der Waals surface area contributed by atoms with Gasteiger partial charge in [-0.15, -0.1) is 0 Å². The van der Waals surface area contributed by atoms with Gasteiger partial charge in [-0.1, -0.05) is 54.1 Å². The third-order valence-corrected chi connectivity index (χ3v) is 3.71. The van der Waals surface area contributed by atoms with Crippen molar-refractivity contribution in [3.8, 4) is 5.75 Å². The van der Waals surface area contributed by atoms with Crippen molar-refractivity contribution in [1.82, 2.24) is 5.43 Å². The van der Waals surface area contributed by atoms with Crippen LogP contribution in [0.25, 0.3) is 10.8 Å². The number of phenolic OH excluding ortho intramolecular Hbond substituents is 1. The van der Waals surface area contributed by atoms with Crippen molar-refractivity contribution in [2.24, 2.45) is 5.10 Å². The van der Waals surface area contributed by atoms with Gasteiger partial charge in [0.1, 0.15) is 5.75 Å². The second-order valence-electron chi connectivity index (χ2n) is 4.93. The molecule has 0 bridgehead atoms. The minimum absolute atomic E-state index is 0.0672. The fourth-order valence-electron chi connectivity index (χ4n) is 2.24. The normalized spacial score (nSPS) is 11.0. The van der Waals surface area contributed by atoms with Crippen molar-refractivity contribution in [2.45, 2.75) is 0 Å². The number of aromatic hydroxyl groups is 1. The van der Waals surface area contributed by atoms with E-state index in [-0.39, 0.29) is 10.8 Å². The van der Waals surface area contributed by atoms with Crippen LogP contribution in [0.2, 0.25) is 5.02 Å². The van der Waals surface area contributed by atoms with E-state index in [1.807, 2.05) is 42.5 Å². The second kappa shape index (κ2) is 6.50. The SMILES string of the molecule is O=C(NN=Cc1cccc2ccccc12)c1ccc(O)c(Cl)c1. The Balaban J connectivity index is 1.77. The summed E-state index contributed by atoms with van der Waals surface area (Å²) >= 11 is 5.78. The fraction of sp³-hybridized carbons (Fsp3) is 0. The summed E-state index contributed by atoms with van der Waals surface area (Å²) in [6, 6.07) is 18.1. The Morgan fingerprint density at radius 1 is 1.09 bits per heavy atom. The molecule has 0 saturated heterocycles. The van der Waals surface area contributed by atoms with Gasteiger partial charge in [0.15, 0.2) is 0 Å². The Morgan fingerprint density at radius 3 is 2.70 bits per heavy atom. The van der Waals surface area contributed by atoms with Crippen LogP contribution in [0, 0.1) is 0 Å². The molecule has 0 heterocycles. The van der Waals surface area contributed by atoms with Crippen LogP contribution in [0.3, 0.4) is 0 Å².